The summed E-state index contributed by atoms with van der Waals surface area (Å²) in [6.45, 7) is 1.92. The normalized spacial score (nSPS) is 10.7. The van der Waals surface area contributed by atoms with Gasteiger partial charge in [-0.15, -0.1) is 11.3 Å². The number of halogens is 2. The molecule has 25 heavy (non-hydrogen) atoms. The number of hydrogen-bond donors (Lipinski definition) is 1. The quantitative estimate of drug-likeness (QED) is 0.514. The van der Waals surface area contributed by atoms with E-state index in [2.05, 4.69) is 10.3 Å². The van der Waals surface area contributed by atoms with Crippen molar-refractivity contribution in [3.8, 4) is 11.3 Å². The number of aromatic nitrogens is 1. The summed E-state index contributed by atoms with van der Waals surface area (Å²) in [5.74, 6) is 0.201. The van der Waals surface area contributed by atoms with Crippen molar-refractivity contribution in [3.63, 3.8) is 0 Å². The number of carbonyl (C=O) groups is 1. The first-order chi connectivity index (χ1) is 12.0. The summed E-state index contributed by atoms with van der Waals surface area (Å²) in [5.41, 5.74) is 3.56. The van der Waals surface area contributed by atoms with E-state index in [-0.39, 0.29) is 5.91 Å². The molecule has 0 saturated carbocycles. The maximum absolute atomic E-state index is 12.1. The highest BCUT2D eigenvalue weighted by molar-refractivity contribution is 8.01. The molecular formula is C18H14Cl2N2OS2. The van der Waals surface area contributed by atoms with E-state index in [1.54, 1.807) is 6.07 Å². The van der Waals surface area contributed by atoms with Gasteiger partial charge in [-0.2, -0.15) is 0 Å². The van der Waals surface area contributed by atoms with Gasteiger partial charge < -0.3 is 5.32 Å². The van der Waals surface area contributed by atoms with Crippen LogP contribution in [0.5, 0.6) is 0 Å². The standard InChI is InChI=1S/C18H14Cl2N2OS2/c1-11-2-7-14(8-15(11)20)21-17(23)10-25-18-22-16(9-24-18)12-3-5-13(19)6-4-12/h2-9H,10H2,1H3,(H,21,23). The molecule has 0 aliphatic heterocycles. The predicted molar refractivity (Wildman–Crippen MR) is 108 cm³/mol. The molecule has 0 atom stereocenters. The van der Waals surface area contributed by atoms with Crippen LogP contribution in [0.15, 0.2) is 52.2 Å². The number of anilines is 1. The van der Waals surface area contributed by atoms with E-state index >= 15 is 0 Å². The fourth-order valence-corrected chi connectivity index (χ4v) is 4.01. The molecule has 1 aromatic heterocycles. The van der Waals surface area contributed by atoms with Crippen molar-refractivity contribution in [1.82, 2.24) is 4.98 Å². The third-order valence-corrected chi connectivity index (χ3v) is 6.09. The van der Waals surface area contributed by atoms with Crippen LogP contribution in [-0.2, 0) is 4.79 Å². The average Bonchev–Trinajstić information content (AvgIpc) is 3.06. The van der Waals surface area contributed by atoms with Crippen LogP contribution in [0.2, 0.25) is 10.0 Å². The monoisotopic (exact) mass is 408 g/mol. The van der Waals surface area contributed by atoms with Crippen molar-refractivity contribution in [2.75, 3.05) is 11.1 Å². The van der Waals surface area contributed by atoms with E-state index < -0.39 is 0 Å². The summed E-state index contributed by atoms with van der Waals surface area (Å²) in [6.07, 6.45) is 0. The molecule has 1 N–H and O–H groups in total. The van der Waals surface area contributed by atoms with Gasteiger partial charge in [0.05, 0.1) is 11.4 Å². The van der Waals surface area contributed by atoms with Crippen LogP contribution >= 0.6 is 46.3 Å². The Morgan fingerprint density at radius 1 is 1.20 bits per heavy atom. The van der Waals surface area contributed by atoms with Crippen molar-refractivity contribution < 1.29 is 4.79 Å². The number of aryl methyl sites for hydroxylation is 1. The Bertz CT molecular complexity index is 894. The molecule has 3 aromatic rings. The molecule has 0 aliphatic rings. The molecule has 0 bridgehead atoms. The summed E-state index contributed by atoms with van der Waals surface area (Å²) >= 11 is 14.9. The fourth-order valence-electron chi connectivity index (χ4n) is 2.07. The summed E-state index contributed by atoms with van der Waals surface area (Å²) in [7, 11) is 0. The topological polar surface area (TPSA) is 42.0 Å². The first-order valence-electron chi connectivity index (χ1n) is 7.41. The molecule has 1 heterocycles. The number of amides is 1. The molecule has 0 saturated heterocycles. The van der Waals surface area contributed by atoms with Crippen molar-refractivity contribution in [2.45, 2.75) is 11.3 Å². The van der Waals surface area contributed by atoms with Crippen LogP contribution < -0.4 is 5.32 Å². The average molecular weight is 409 g/mol. The number of nitrogens with one attached hydrogen (secondary N) is 1. The van der Waals surface area contributed by atoms with E-state index in [1.807, 2.05) is 48.7 Å². The summed E-state index contributed by atoms with van der Waals surface area (Å²) in [5, 5.41) is 6.15. The third kappa shape index (κ3) is 4.98. The lowest BCUT2D eigenvalue weighted by atomic mass is 10.2. The lowest BCUT2D eigenvalue weighted by Gasteiger charge is -2.06. The fraction of sp³-hybridized carbons (Fsp3) is 0.111. The van der Waals surface area contributed by atoms with Gasteiger partial charge in [0, 0.05) is 26.7 Å². The van der Waals surface area contributed by atoms with Gasteiger partial charge in [0.25, 0.3) is 0 Å². The van der Waals surface area contributed by atoms with Gasteiger partial charge in [-0.3, -0.25) is 4.79 Å². The molecule has 0 aliphatic carbocycles. The van der Waals surface area contributed by atoms with Gasteiger partial charge in [-0.25, -0.2) is 4.98 Å². The van der Waals surface area contributed by atoms with Crippen LogP contribution in [-0.4, -0.2) is 16.6 Å². The molecule has 3 nitrogen and oxygen atoms in total. The summed E-state index contributed by atoms with van der Waals surface area (Å²) in [4.78, 5) is 16.6. The summed E-state index contributed by atoms with van der Waals surface area (Å²) < 4.78 is 0.849. The summed E-state index contributed by atoms with van der Waals surface area (Å²) in [6, 6.07) is 13.0. The molecule has 128 valence electrons. The molecule has 0 fully saturated rings. The molecular weight excluding hydrogens is 395 g/mol. The van der Waals surface area contributed by atoms with Crippen molar-refractivity contribution in [3.05, 3.63) is 63.5 Å². The minimum Gasteiger partial charge on any atom is -0.325 e. The van der Waals surface area contributed by atoms with Crippen LogP contribution in [0.1, 0.15) is 5.56 Å². The minimum absolute atomic E-state index is 0.0897. The minimum atomic E-state index is -0.0897. The van der Waals surface area contributed by atoms with Crippen LogP contribution in [0.4, 0.5) is 5.69 Å². The highest BCUT2D eigenvalue weighted by Gasteiger charge is 2.09. The largest absolute Gasteiger partial charge is 0.325 e. The van der Waals surface area contributed by atoms with Crippen molar-refractivity contribution >= 4 is 57.9 Å². The van der Waals surface area contributed by atoms with Crippen LogP contribution in [0.25, 0.3) is 11.3 Å². The molecule has 2 aromatic carbocycles. The SMILES string of the molecule is Cc1ccc(NC(=O)CSc2nc(-c3ccc(Cl)cc3)cs2)cc1Cl. The first kappa shape index (κ1) is 18.3. The Kier molecular flexibility index (Phi) is 6.02. The van der Waals surface area contributed by atoms with E-state index in [4.69, 9.17) is 23.2 Å². The molecule has 0 radical (unpaired) electrons. The van der Waals surface area contributed by atoms with E-state index in [0.29, 0.717) is 21.5 Å². The predicted octanol–water partition coefficient (Wildman–Crippen LogP) is 6.16. The second-order valence-corrected chi connectivity index (χ2v) is 8.23. The van der Waals surface area contributed by atoms with Crippen molar-refractivity contribution in [2.24, 2.45) is 0 Å². The molecule has 3 rings (SSSR count). The number of thiazole rings is 1. The van der Waals surface area contributed by atoms with E-state index in [1.165, 1.54) is 23.1 Å². The smallest absolute Gasteiger partial charge is 0.234 e. The lowest BCUT2D eigenvalue weighted by molar-refractivity contribution is -0.113. The van der Waals surface area contributed by atoms with Gasteiger partial charge >= 0.3 is 0 Å². The molecule has 0 spiro atoms. The number of benzene rings is 2. The second kappa shape index (κ2) is 8.23. The zero-order valence-electron chi connectivity index (χ0n) is 13.3. The van der Waals surface area contributed by atoms with E-state index in [0.717, 1.165) is 21.2 Å². The lowest BCUT2D eigenvalue weighted by Crippen LogP contribution is -2.13. The van der Waals surface area contributed by atoms with Gasteiger partial charge in [0.15, 0.2) is 4.34 Å². The number of hydrogen-bond acceptors (Lipinski definition) is 4. The Labute approximate surface area is 164 Å². The Morgan fingerprint density at radius 3 is 2.68 bits per heavy atom. The molecule has 1 amide bonds. The maximum atomic E-state index is 12.1. The number of carbonyl (C=O) groups excluding carboxylic acids is 1. The zero-order valence-corrected chi connectivity index (χ0v) is 16.4. The molecule has 0 unspecified atom stereocenters. The Morgan fingerprint density at radius 2 is 1.96 bits per heavy atom. The van der Waals surface area contributed by atoms with Gasteiger partial charge in [0.2, 0.25) is 5.91 Å². The highest BCUT2D eigenvalue weighted by atomic mass is 35.5. The van der Waals surface area contributed by atoms with Gasteiger partial charge in [0.1, 0.15) is 0 Å². The van der Waals surface area contributed by atoms with Crippen LogP contribution in [0.3, 0.4) is 0 Å². The number of thioether (sulfide) groups is 1. The second-order valence-electron chi connectivity index (χ2n) is 5.31. The molecule has 7 heteroatoms. The van der Waals surface area contributed by atoms with Crippen LogP contribution in [0, 0.1) is 6.92 Å². The van der Waals surface area contributed by atoms with Gasteiger partial charge in [-0.1, -0.05) is 53.2 Å². The van der Waals surface area contributed by atoms with Gasteiger partial charge in [-0.05, 0) is 36.8 Å². The number of nitrogens with zero attached hydrogens (tertiary/aromatic N) is 1. The Balaban J connectivity index is 1.57. The highest BCUT2D eigenvalue weighted by Crippen LogP contribution is 2.29. The van der Waals surface area contributed by atoms with Crippen molar-refractivity contribution in [1.29, 1.82) is 0 Å². The first-order valence-corrected chi connectivity index (χ1v) is 10.0. The Hall–Kier alpha value is -1.53. The van der Waals surface area contributed by atoms with E-state index in [9.17, 15) is 4.79 Å². The maximum Gasteiger partial charge on any atom is 0.234 e. The third-order valence-electron chi connectivity index (χ3n) is 3.41. The number of rotatable bonds is 5. The zero-order chi connectivity index (χ0) is 17.8.